The molecule has 13 heavy (non-hydrogen) atoms. The maximum atomic E-state index is 5.78. The van der Waals surface area contributed by atoms with Gasteiger partial charge in [0.25, 0.3) is 0 Å². The van der Waals surface area contributed by atoms with Crippen LogP contribution in [-0.4, -0.2) is 25.3 Å². The first-order valence-corrected chi connectivity index (χ1v) is 5.44. The van der Waals surface area contributed by atoms with E-state index in [0.29, 0.717) is 18.1 Å². The fourth-order valence-electron chi connectivity index (χ4n) is 1.70. The maximum absolute atomic E-state index is 5.78. The second-order valence-electron chi connectivity index (χ2n) is 4.84. The molecule has 1 aliphatic rings. The van der Waals surface area contributed by atoms with Crippen molar-refractivity contribution < 1.29 is 4.74 Å². The van der Waals surface area contributed by atoms with Crippen molar-refractivity contribution in [3.8, 4) is 0 Å². The standard InChI is InChI=1S/C11H23NO/c1-8(2)7-13-10-5-11(9(3)4)12-6-10/h8-12H,5-7H2,1-4H3/t10-,11+/m1/s1. The Kier molecular flexibility index (Phi) is 4.20. The molecule has 0 aliphatic carbocycles. The van der Waals surface area contributed by atoms with E-state index in [1.54, 1.807) is 0 Å². The van der Waals surface area contributed by atoms with Gasteiger partial charge in [0.2, 0.25) is 0 Å². The molecule has 0 saturated carbocycles. The van der Waals surface area contributed by atoms with Crippen LogP contribution in [0, 0.1) is 11.8 Å². The number of ether oxygens (including phenoxy) is 1. The molecule has 0 aromatic rings. The zero-order valence-corrected chi connectivity index (χ0v) is 9.34. The molecule has 0 radical (unpaired) electrons. The van der Waals surface area contributed by atoms with Gasteiger partial charge in [-0.05, 0) is 18.3 Å². The predicted molar refractivity (Wildman–Crippen MR) is 55.8 cm³/mol. The number of hydrogen-bond donors (Lipinski definition) is 1. The average Bonchev–Trinajstić information content (AvgIpc) is 2.48. The van der Waals surface area contributed by atoms with Crippen molar-refractivity contribution in [3.63, 3.8) is 0 Å². The van der Waals surface area contributed by atoms with Gasteiger partial charge in [0, 0.05) is 19.2 Å². The fraction of sp³-hybridized carbons (Fsp3) is 1.00. The van der Waals surface area contributed by atoms with Gasteiger partial charge in [-0.1, -0.05) is 27.7 Å². The topological polar surface area (TPSA) is 21.3 Å². The molecule has 0 amide bonds. The Bertz CT molecular complexity index is 145. The third-order valence-corrected chi connectivity index (χ3v) is 2.59. The zero-order chi connectivity index (χ0) is 9.84. The first-order valence-electron chi connectivity index (χ1n) is 5.44. The van der Waals surface area contributed by atoms with Crippen LogP contribution in [0.15, 0.2) is 0 Å². The van der Waals surface area contributed by atoms with Crippen molar-refractivity contribution in [1.29, 1.82) is 0 Å². The summed E-state index contributed by atoms with van der Waals surface area (Å²) in [4.78, 5) is 0. The lowest BCUT2D eigenvalue weighted by Crippen LogP contribution is -2.26. The first kappa shape index (κ1) is 11.0. The van der Waals surface area contributed by atoms with Crippen molar-refractivity contribution in [2.45, 2.75) is 46.3 Å². The van der Waals surface area contributed by atoms with Gasteiger partial charge >= 0.3 is 0 Å². The average molecular weight is 185 g/mol. The van der Waals surface area contributed by atoms with E-state index in [4.69, 9.17) is 4.74 Å². The third-order valence-electron chi connectivity index (χ3n) is 2.59. The molecule has 0 aromatic carbocycles. The van der Waals surface area contributed by atoms with Crippen molar-refractivity contribution in [2.24, 2.45) is 11.8 Å². The van der Waals surface area contributed by atoms with Crippen molar-refractivity contribution in [2.75, 3.05) is 13.2 Å². The van der Waals surface area contributed by atoms with Gasteiger partial charge in [-0.15, -0.1) is 0 Å². The van der Waals surface area contributed by atoms with Gasteiger partial charge in [0.1, 0.15) is 0 Å². The van der Waals surface area contributed by atoms with Crippen LogP contribution in [0.1, 0.15) is 34.1 Å². The molecule has 0 bridgehead atoms. The SMILES string of the molecule is CC(C)CO[C@H]1CN[C@H](C(C)C)C1. The Hall–Kier alpha value is -0.0800. The van der Waals surface area contributed by atoms with E-state index in [0.717, 1.165) is 19.1 Å². The van der Waals surface area contributed by atoms with Crippen LogP contribution >= 0.6 is 0 Å². The van der Waals surface area contributed by atoms with Gasteiger partial charge in [0.15, 0.2) is 0 Å². The Morgan fingerprint density at radius 1 is 1.31 bits per heavy atom. The second kappa shape index (κ2) is 4.97. The van der Waals surface area contributed by atoms with E-state index in [9.17, 15) is 0 Å². The highest BCUT2D eigenvalue weighted by Crippen LogP contribution is 2.17. The molecule has 0 aromatic heterocycles. The quantitative estimate of drug-likeness (QED) is 0.723. The molecule has 1 rings (SSSR count). The van der Waals surface area contributed by atoms with Gasteiger partial charge in [-0.2, -0.15) is 0 Å². The summed E-state index contributed by atoms with van der Waals surface area (Å²) in [5.74, 6) is 1.38. The molecule has 78 valence electrons. The van der Waals surface area contributed by atoms with Gasteiger partial charge < -0.3 is 10.1 Å². The second-order valence-corrected chi connectivity index (χ2v) is 4.84. The van der Waals surface area contributed by atoms with Gasteiger partial charge in [-0.3, -0.25) is 0 Å². The van der Waals surface area contributed by atoms with E-state index in [1.807, 2.05) is 0 Å². The minimum absolute atomic E-state index is 0.454. The van der Waals surface area contributed by atoms with Gasteiger partial charge in [0.05, 0.1) is 6.10 Å². The molecule has 1 saturated heterocycles. The van der Waals surface area contributed by atoms with Crippen LogP contribution in [0.5, 0.6) is 0 Å². The number of nitrogens with one attached hydrogen (secondary N) is 1. The van der Waals surface area contributed by atoms with Crippen LogP contribution in [0.25, 0.3) is 0 Å². The Morgan fingerprint density at radius 2 is 2.00 bits per heavy atom. The fourth-order valence-corrected chi connectivity index (χ4v) is 1.70. The monoisotopic (exact) mass is 185 g/mol. The number of rotatable bonds is 4. The van der Waals surface area contributed by atoms with E-state index >= 15 is 0 Å². The predicted octanol–water partition coefficient (Wildman–Crippen LogP) is 2.05. The van der Waals surface area contributed by atoms with Crippen molar-refractivity contribution in [1.82, 2.24) is 5.32 Å². The smallest absolute Gasteiger partial charge is 0.0714 e. The molecule has 1 fully saturated rings. The van der Waals surface area contributed by atoms with Crippen LogP contribution < -0.4 is 5.32 Å². The van der Waals surface area contributed by atoms with Gasteiger partial charge in [-0.25, -0.2) is 0 Å². The molecule has 0 unspecified atom stereocenters. The highest BCUT2D eigenvalue weighted by molar-refractivity contribution is 4.84. The molecule has 1 aliphatic heterocycles. The molecular weight excluding hydrogens is 162 g/mol. The summed E-state index contributed by atoms with van der Waals surface area (Å²) in [5, 5.41) is 3.50. The molecule has 2 atom stereocenters. The third kappa shape index (κ3) is 3.65. The van der Waals surface area contributed by atoms with Crippen molar-refractivity contribution in [3.05, 3.63) is 0 Å². The minimum atomic E-state index is 0.454. The van der Waals surface area contributed by atoms with Crippen LogP contribution in [0.3, 0.4) is 0 Å². The molecule has 0 spiro atoms. The van der Waals surface area contributed by atoms with E-state index in [1.165, 1.54) is 6.42 Å². The van der Waals surface area contributed by atoms with Crippen LogP contribution in [0.4, 0.5) is 0 Å². The summed E-state index contributed by atoms with van der Waals surface area (Å²) in [6.07, 6.45) is 1.64. The van der Waals surface area contributed by atoms with E-state index in [2.05, 4.69) is 33.0 Å². The summed E-state index contributed by atoms with van der Waals surface area (Å²) >= 11 is 0. The molecular formula is C11H23NO. The van der Waals surface area contributed by atoms with E-state index in [-0.39, 0.29) is 0 Å². The Balaban J connectivity index is 2.17. The molecule has 1 N–H and O–H groups in total. The Morgan fingerprint density at radius 3 is 2.46 bits per heavy atom. The lowest BCUT2D eigenvalue weighted by atomic mass is 10.0. The first-order chi connectivity index (χ1) is 6.09. The molecule has 1 heterocycles. The van der Waals surface area contributed by atoms with Crippen LogP contribution in [-0.2, 0) is 4.74 Å². The Labute approximate surface area is 82.0 Å². The zero-order valence-electron chi connectivity index (χ0n) is 9.34. The summed E-state index contributed by atoms with van der Waals surface area (Å²) in [6, 6.07) is 0.664. The summed E-state index contributed by atoms with van der Waals surface area (Å²) in [5.41, 5.74) is 0. The largest absolute Gasteiger partial charge is 0.377 e. The molecule has 2 nitrogen and oxygen atoms in total. The maximum Gasteiger partial charge on any atom is 0.0714 e. The van der Waals surface area contributed by atoms with E-state index < -0.39 is 0 Å². The summed E-state index contributed by atoms with van der Waals surface area (Å²) in [7, 11) is 0. The minimum Gasteiger partial charge on any atom is -0.377 e. The number of hydrogen-bond acceptors (Lipinski definition) is 2. The highest BCUT2D eigenvalue weighted by Gasteiger charge is 2.26. The lowest BCUT2D eigenvalue weighted by Gasteiger charge is -2.15. The summed E-state index contributed by atoms with van der Waals surface area (Å²) in [6.45, 7) is 10.9. The lowest BCUT2D eigenvalue weighted by molar-refractivity contribution is 0.0463. The highest BCUT2D eigenvalue weighted by atomic mass is 16.5. The summed E-state index contributed by atoms with van der Waals surface area (Å²) < 4.78 is 5.78. The molecule has 2 heteroatoms. The van der Waals surface area contributed by atoms with Crippen molar-refractivity contribution >= 4 is 0 Å². The normalized spacial score (nSPS) is 29.1. The van der Waals surface area contributed by atoms with Crippen LogP contribution in [0.2, 0.25) is 0 Å².